The molecule has 0 amide bonds. The summed E-state index contributed by atoms with van der Waals surface area (Å²) in [7, 11) is 0. The minimum absolute atomic E-state index is 0.333. The van der Waals surface area contributed by atoms with Crippen LogP contribution in [0.2, 0.25) is 5.02 Å². The molecule has 1 aromatic carbocycles. The predicted molar refractivity (Wildman–Crippen MR) is 66.7 cm³/mol. The molecule has 0 radical (unpaired) electrons. The molecular formula is C12H10ClN3O2. The Bertz CT molecular complexity index is 690. The number of ether oxygens (including phenoxy) is 1. The molecule has 0 atom stereocenters. The zero-order valence-electron chi connectivity index (χ0n) is 9.61. The lowest BCUT2D eigenvalue weighted by molar-refractivity contribution is 0.267. The fourth-order valence-electron chi connectivity index (χ4n) is 1.68. The molecule has 0 aliphatic heterocycles. The van der Waals surface area contributed by atoms with E-state index in [2.05, 4.69) is 15.4 Å². The highest BCUT2D eigenvalue weighted by atomic mass is 35.5. The van der Waals surface area contributed by atoms with Gasteiger partial charge in [0.15, 0.2) is 0 Å². The second-order valence-corrected chi connectivity index (χ2v) is 4.37. The van der Waals surface area contributed by atoms with E-state index < -0.39 is 0 Å². The summed E-state index contributed by atoms with van der Waals surface area (Å²) in [5.41, 5.74) is 1.79. The summed E-state index contributed by atoms with van der Waals surface area (Å²) < 4.78 is 10.4. The van der Waals surface area contributed by atoms with Gasteiger partial charge >= 0.3 is 0 Å². The summed E-state index contributed by atoms with van der Waals surface area (Å²) in [5, 5.41) is 12.2. The summed E-state index contributed by atoms with van der Waals surface area (Å²) in [6.45, 7) is 2.14. The number of fused-ring (bicyclic) bond motifs is 1. The van der Waals surface area contributed by atoms with Crippen molar-refractivity contribution in [1.82, 2.24) is 15.4 Å². The quantitative estimate of drug-likeness (QED) is 0.789. The number of benzene rings is 1. The molecule has 5 nitrogen and oxygen atoms in total. The van der Waals surface area contributed by atoms with Crippen LogP contribution in [0, 0.1) is 6.92 Å². The Morgan fingerprint density at radius 3 is 3.06 bits per heavy atom. The van der Waals surface area contributed by atoms with Gasteiger partial charge in [-0.3, -0.25) is 5.10 Å². The Kier molecular flexibility index (Phi) is 2.68. The average molecular weight is 264 g/mol. The number of rotatable bonds is 3. The van der Waals surface area contributed by atoms with Crippen LogP contribution in [-0.4, -0.2) is 15.4 Å². The van der Waals surface area contributed by atoms with Crippen LogP contribution < -0.4 is 4.74 Å². The van der Waals surface area contributed by atoms with E-state index in [1.807, 2.05) is 19.1 Å². The number of aryl methyl sites for hydroxylation is 1. The summed E-state index contributed by atoms with van der Waals surface area (Å²) in [5.74, 6) is 1.16. The second kappa shape index (κ2) is 4.34. The molecule has 0 unspecified atom stereocenters. The number of H-pyrrole nitrogens is 1. The predicted octanol–water partition coefficient (Wildman–Crippen LogP) is 3.09. The number of hydrogen-bond donors (Lipinski definition) is 1. The maximum absolute atomic E-state index is 6.17. The molecule has 2 heterocycles. The normalized spacial score (nSPS) is 11.0. The first-order valence-electron chi connectivity index (χ1n) is 5.40. The van der Waals surface area contributed by atoms with E-state index in [4.69, 9.17) is 20.9 Å². The van der Waals surface area contributed by atoms with Crippen LogP contribution >= 0.6 is 11.6 Å². The highest BCUT2D eigenvalue weighted by Crippen LogP contribution is 2.24. The number of aromatic nitrogens is 3. The Morgan fingerprint density at radius 1 is 1.39 bits per heavy atom. The molecule has 0 aliphatic rings. The molecule has 3 rings (SSSR count). The number of aromatic amines is 1. The van der Waals surface area contributed by atoms with Crippen molar-refractivity contribution in [3.8, 4) is 5.88 Å². The summed E-state index contributed by atoms with van der Waals surface area (Å²) in [4.78, 5) is 0. The molecule has 0 aliphatic carbocycles. The van der Waals surface area contributed by atoms with Crippen LogP contribution in [0.4, 0.5) is 0 Å². The Hall–Kier alpha value is -2.01. The third-order valence-electron chi connectivity index (χ3n) is 2.59. The standard InChI is InChI=1S/C12H10ClN3O2/c1-7-2-12(16-18-7)17-6-9-4-11-8(3-10(9)13)5-14-15-11/h2-5H,6H2,1H3,(H,14,15). The molecule has 18 heavy (non-hydrogen) atoms. The molecular weight excluding hydrogens is 254 g/mol. The van der Waals surface area contributed by atoms with E-state index in [1.54, 1.807) is 12.3 Å². The topological polar surface area (TPSA) is 63.9 Å². The monoisotopic (exact) mass is 263 g/mol. The van der Waals surface area contributed by atoms with Gasteiger partial charge in [0.2, 0.25) is 0 Å². The first kappa shape index (κ1) is 11.1. The maximum Gasteiger partial charge on any atom is 0.254 e. The van der Waals surface area contributed by atoms with Gasteiger partial charge in [0.05, 0.1) is 11.7 Å². The van der Waals surface area contributed by atoms with E-state index in [9.17, 15) is 0 Å². The van der Waals surface area contributed by atoms with Crippen molar-refractivity contribution in [2.45, 2.75) is 13.5 Å². The molecule has 0 saturated heterocycles. The fraction of sp³-hybridized carbons (Fsp3) is 0.167. The highest BCUT2D eigenvalue weighted by molar-refractivity contribution is 6.32. The summed E-state index contributed by atoms with van der Waals surface area (Å²) in [6.07, 6.45) is 1.73. The van der Waals surface area contributed by atoms with Gasteiger partial charge in [-0.25, -0.2) is 0 Å². The van der Waals surface area contributed by atoms with E-state index in [0.29, 0.717) is 23.3 Å². The molecule has 3 aromatic rings. The lowest BCUT2D eigenvalue weighted by atomic mass is 10.2. The molecule has 1 N–H and O–H groups in total. The van der Waals surface area contributed by atoms with Crippen molar-refractivity contribution >= 4 is 22.5 Å². The third-order valence-corrected chi connectivity index (χ3v) is 2.94. The van der Waals surface area contributed by atoms with Gasteiger partial charge in [-0.05, 0) is 24.2 Å². The van der Waals surface area contributed by atoms with Crippen LogP contribution in [0.1, 0.15) is 11.3 Å². The van der Waals surface area contributed by atoms with Crippen LogP contribution in [-0.2, 0) is 6.61 Å². The van der Waals surface area contributed by atoms with Gasteiger partial charge in [0, 0.05) is 22.0 Å². The highest BCUT2D eigenvalue weighted by Gasteiger charge is 2.07. The van der Waals surface area contributed by atoms with E-state index in [1.165, 1.54) is 0 Å². The number of halogens is 1. The van der Waals surface area contributed by atoms with Crippen LogP contribution in [0.3, 0.4) is 0 Å². The van der Waals surface area contributed by atoms with Gasteiger partial charge in [-0.1, -0.05) is 11.6 Å². The zero-order chi connectivity index (χ0) is 12.5. The number of nitrogens with one attached hydrogen (secondary N) is 1. The molecule has 0 bridgehead atoms. The third kappa shape index (κ3) is 2.04. The van der Waals surface area contributed by atoms with Crippen molar-refractivity contribution < 1.29 is 9.26 Å². The Morgan fingerprint density at radius 2 is 2.28 bits per heavy atom. The van der Waals surface area contributed by atoms with Crippen molar-refractivity contribution in [1.29, 1.82) is 0 Å². The van der Waals surface area contributed by atoms with Crippen molar-refractivity contribution in [3.63, 3.8) is 0 Å². The molecule has 6 heteroatoms. The van der Waals surface area contributed by atoms with Crippen molar-refractivity contribution in [2.75, 3.05) is 0 Å². The summed E-state index contributed by atoms with van der Waals surface area (Å²) >= 11 is 6.17. The van der Waals surface area contributed by atoms with Gasteiger partial charge < -0.3 is 9.26 Å². The van der Waals surface area contributed by atoms with Crippen molar-refractivity contribution in [3.05, 3.63) is 40.7 Å². The summed E-state index contributed by atoms with van der Waals surface area (Å²) in [6, 6.07) is 5.49. The van der Waals surface area contributed by atoms with Crippen LogP contribution in [0.25, 0.3) is 10.9 Å². The fourth-order valence-corrected chi connectivity index (χ4v) is 1.91. The lowest BCUT2D eigenvalue weighted by Gasteiger charge is -2.04. The largest absolute Gasteiger partial charge is 0.471 e. The van der Waals surface area contributed by atoms with Gasteiger partial charge in [0.1, 0.15) is 12.4 Å². The second-order valence-electron chi connectivity index (χ2n) is 3.97. The van der Waals surface area contributed by atoms with E-state index in [-0.39, 0.29) is 0 Å². The van der Waals surface area contributed by atoms with Crippen LogP contribution in [0.5, 0.6) is 5.88 Å². The Labute approximate surface area is 108 Å². The van der Waals surface area contributed by atoms with Crippen molar-refractivity contribution in [2.24, 2.45) is 0 Å². The molecule has 2 aromatic heterocycles. The number of nitrogens with zero attached hydrogens (tertiary/aromatic N) is 2. The SMILES string of the molecule is Cc1cc(OCc2cc3[nH]ncc3cc2Cl)no1. The van der Waals surface area contributed by atoms with Crippen LogP contribution in [0.15, 0.2) is 28.9 Å². The van der Waals surface area contributed by atoms with Gasteiger partial charge in [-0.2, -0.15) is 5.10 Å². The van der Waals surface area contributed by atoms with Gasteiger partial charge in [0.25, 0.3) is 5.88 Å². The maximum atomic E-state index is 6.17. The smallest absolute Gasteiger partial charge is 0.254 e. The van der Waals surface area contributed by atoms with Gasteiger partial charge in [-0.15, -0.1) is 0 Å². The molecule has 92 valence electrons. The molecule has 0 spiro atoms. The first-order valence-corrected chi connectivity index (χ1v) is 5.78. The lowest BCUT2D eigenvalue weighted by Crippen LogP contribution is -1.96. The Balaban J connectivity index is 1.83. The average Bonchev–Trinajstić information content (AvgIpc) is 2.94. The van der Waals surface area contributed by atoms with E-state index in [0.717, 1.165) is 16.5 Å². The zero-order valence-corrected chi connectivity index (χ0v) is 10.4. The van der Waals surface area contributed by atoms with E-state index >= 15 is 0 Å². The number of hydrogen-bond acceptors (Lipinski definition) is 4. The minimum atomic E-state index is 0.333. The first-order chi connectivity index (χ1) is 8.72. The minimum Gasteiger partial charge on any atom is -0.471 e. The molecule has 0 saturated carbocycles. The molecule has 0 fully saturated rings.